The van der Waals surface area contributed by atoms with E-state index in [1.165, 1.54) is 6.07 Å². The third-order valence-electron chi connectivity index (χ3n) is 4.99. The van der Waals surface area contributed by atoms with E-state index in [2.05, 4.69) is 15.2 Å². The van der Waals surface area contributed by atoms with Gasteiger partial charge in [0.05, 0.1) is 16.9 Å². The average Bonchev–Trinajstić information content (AvgIpc) is 3.34. The molecule has 5 rings (SSSR count). The van der Waals surface area contributed by atoms with Crippen LogP contribution in [0.1, 0.15) is 24.4 Å². The quantitative estimate of drug-likeness (QED) is 0.451. The molecular formula is C21H16FN5OS. The Labute approximate surface area is 168 Å². The lowest BCUT2D eigenvalue weighted by atomic mass is 10.2. The van der Waals surface area contributed by atoms with Crippen LogP contribution in [-0.4, -0.2) is 24.1 Å². The van der Waals surface area contributed by atoms with Gasteiger partial charge in [-0.2, -0.15) is 0 Å². The Morgan fingerprint density at radius 3 is 2.86 bits per heavy atom. The third kappa shape index (κ3) is 2.84. The number of fused-ring (bicyclic) bond motifs is 2. The molecule has 0 bridgehead atoms. The third-order valence-corrected chi connectivity index (χ3v) is 6.09. The summed E-state index contributed by atoms with van der Waals surface area (Å²) < 4.78 is 17.9. The molecule has 1 atom stereocenters. The van der Waals surface area contributed by atoms with Gasteiger partial charge < -0.3 is 4.57 Å². The number of halogens is 1. The first kappa shape index (κ1) is 17.7. The second-order valence-electron chi connectivity index (χ2n) is 6.96. The van der Waals surface area contributed by atoms with Gasteiger partial charge >= 0.3 is 0 Å². The van der Waals surface area contributed by atoms with Crippen molar-refractivity contribution in [3.05, 3.63) is 81.9 Å². The topological polar surface area (TPSA) is 65.1 Å². The molecule has 0 N–H and O–H groups in total. The van der Waals surface area contributed by atoms with Crippen molar-refractivity contribution in [2.24, 2.45) is 0 Å². The molecule has 0 saturated carbocycles. The van der Waals surface area contributed by atoms with Crippen molar-refractivity contribution in [1.82, 2.24) is 24.1 Å². The number of hydrogen-bond acceptors (Lipinski definition) is 5. The highest BCUT2D eigenvalue weighted by Crippen LogP contribution is 2.29. The number of aryl methyl sites for hydroxylation is 1. The van der Waals surface area contributed by atoms with Gasteiger partial charge in [-0.3, -0.25) is 14.2 Å². The summed E-state index contributed by atoms with van der Waals surface area (Å²) in [5, 5.41) is 10.8. The molecule has 0 spiro atoms. The summed E-state index contributed by atoms with van der Waals surface area (Å²) in [7, 11) is 0. The molecule has 0 aliphatic rings. The van der Waals surface area contributed by atoms with Crippen LogP contribution in [0.25, 0.3) is 27.0 Å². The number of nitrogens with zero attached hydrogens (tertiary/aromatic N) is 5. The Bertz CT molecular complexity index is 1430. The second-order valence-corrected chi connectivity index (χ2v) is 7.87. The minimum Gasteiger partial charge on any atom is -0.304 e. The van der Waals surface area contributed by atoms with E-state index in [0.717, 1.165) is 16.0 Å². The highest BCUT2D eigenvalue weighted by molar-refractivity contribution is 7.13. The average molecular weight is 405 g/mol. The minimum absolute atomic E-state index is 0.138. The Hall–Kier alpha value is -3.39. The molecular weight excluding hydrogens is 389 g/mol. The number of aromatic nitrogens is 5. The van der Waals surface area contributed by atoms with E-state index in [1.807, 2.05) is 31.5 Å². The van der Waals surface area contributed by atoms with Crippen molar-refractivity contribution >= 4 is 27.9 Å². The Morgan fingerprint density at radius 1 is 1.21 bits per heavy atom. The smallest absolute Gasteiger partial charge is 0.260 e. The van der Waals surface area contributed by atoms with Crippen LogP contribution in [-0.2, 0) is 0 Å². The molecule has 5 heterocycles. The molecule has 8 heteroatoms. The number of hydrogen-bond donors (Lipinski definition) is 0. The molecule has 0 aliphatic carbocycles. The zero-order valence-corrected chi connectivity index (χ0v) is 16.5. The van der Waals surface area contributed by atoms with E-state index in [9.17, 15) is 9.18 Å². The van der Waals surface area contributed by atoms with Gasteiger partial charge in [0.15, 0.2) is 17.3 Å². The van der Waals surface area contributed by atoms with Crippen LogP contribution >= 0.6 is 11.3 Å². The molecule has 0 aliphatic heterocycles. The summed E-state index contributed by atoms with van der Waals surface area (Å²) in [6, 6.07) is 8.30. The first-order valence-electron chi connectivity index (χ1n) is 9.08. The molecule has 5 aromatic heterocycles. The summed E-state index contributed by atoms with van der Waals surface area (Å²) in [6.45, 7) is 3.85. The predicted octanol–water partition coefficient (Wildman–Crippen LogP) is 4.22. The van der Waals surface area contributed by atoms with Gasteiger partial charge in [-0.05, 0) is 55.1 Å². The fraction of sp³-hybridized carbons (Fsp3) is 0.143. The van der Waals surface area contributed by atoms with Crippen LogP contribution in [0.5, 0.6) is 0 Å². The van der Waals surface area contributed by atoms with Gasteiger partial charge in [-0.25, -0.2) is 4.39 Å². The fourth-order valence-corrected chi connectivity index (χ4v) is 4.37. The number of rotatable bonds is 3. The second kappa shape index (κ2) is 6.59. The monoisotopic (exact) mass is 405 g/mol. The lowest BCUT2D eigenvalue weighted by molar-refractivity contribution is 0.575. The first-order chi connectivity index (χ1) is 14.0. The van der Waals surface area contributed by atoms with Gasteiger partial charge in [0.25, 0.3) is 5.56 Å². The summed E-state index contributed by atoms with van der Waals surface area (Å²) >= 11 is 1.55. The van der Waals surface area contributed by atoms with Crippen molar-refractivity contribution in [1.29, 1.82) is 0 Å². The van der Waals surface area contributed by atoms with Gasteiger partial charge in [0.2, 0.25) is 0 Å². The van der Waals surface area contributed by atoms with E-state index < -0.39 is 11.9 Å². The molecule has 5 aromatic rings. The molecule has 0 aromatic carbocycles. The van der Waals surface area contributed by atoms with Crippen LogP contribution in [0.4, 0.5) is 4.39 Å². The van der Waals surface area contributed by atoms with Crippen LogP contribution in [0.3, 0.4) is 0 Å². The summed E-state index contributed by atoms with van der Waals surface area (Å²) in [5.41, 5.74) is 2.47. The van der Waals surface area contributed by atoms with Crippen LogP contribution in [0.15, 0.2) is 59.1 Å². The van der Waals surface area contributed by atoms with Gasteiger partial charge in [-0.1, -0.05) is 0 Å². The molecule has 29 heavy (non-hydrogen) atoms. The summed E-state index contributed by atoms with van der Waals surface area (Å²) in [6.07, 6.45) is 5.16. The largest absolute Gasteiger partial charge is 0.304 e. The van der Waals surface area contributed by atoms with Crippen molar-refractivity contribution in [3.63, 3.8) is 0 Å². The maximum absolute atomic E-state index is 14.7. The van der Waals surface area contributed by atoms with Gasteiger partial charge in [-0.15, -0.1) is 21.5 Å². The molecule has 0 saturated heterocycles. The normalized spacial score (nSPS) is 12.7. The Kier molecular flexibility index (Phi) is 4.02. The van der Waals surface area contributed by atoms with Crippen LogP contribution in [0, 0.1) is 12.7 Å². The molecule has 0 amide bonds. The standard InChI is InChI=1S/C21H16FN5OS/c1-12-8-18(29-11-12)14-9-16(22)20-25-24-19(27(20)10-14)13(2)26-7-5-17-15(21(26)28)4-3-6-23-17/h3-11,13H,1-2H3/t13-/m1/s1. The van der Waals surface area contributed by atoms with Crippen LogP contribution < -0.4 is 5.56 Å². The van der Waals surface area contributed by atoms with Crippen molar-refractivity contribution in [2.45, 2.75) is 19.9 Å². The molecule has 0 unspecified atom stereocenters. The van der Waals surface area contributed by atoms with Crippen molar-refractivity contribution < 1.29 is 4.39 Å². The van der Waals surface area contributed by atoms with Crippen molar-refractivity contribution in [3.8, 4) is 10.4 Å². The van der Waals surface area contributed by atoms with Gasteiger partial charge in [0.1, 0.15) is 0 Å². The zero-order valence-electron chi connectivity index (χ0n) is 15.7. The highest BCUT2D eigenvalue weighted by Gasteiger charge is 2.20. The zero-order chi connectivity index (χ0) is 20.1. The van der Waals surface area contributed by atoms with Gasteiger partial charge in [0, 0.05) is 29.0 Å². The highest BCUT2D eigenvalue weighted by atomic mass is 32.1. The lowest BCUT2D eigenvalue weighted by Crippen LogP contribution is -2.25. The maximum Gasteiger partial charge on any atom is 0.260 e. The molecule has 144 valence electrons. The van der Waals surface area contributed by atoms with E-state index >= 15 is 0 Å². The van der Waals surface area contributed by atoms with E-state index in [-0.39, 0.29) is 11.2 Å². The number of pyridine rings is 3. The van der Waals surface area contributed by atoms with Crippen LogP contribution in [0.2, 0.25) is 0 Å². The number of thiophene rings is 1. The molecule has 0 fully saturated rings. The van der Waals surface area contributed by atoms with Crippen molar-refractivity contribution in [2.75, 3.05) is 0 Å². The first-order valence-corrected chi connectivity index (χ1v) is 9.96. The summed E-state index contributed by atoms with van der Waals surface area (Å²) in [5.74, 6) is 0.0360. The maximum atomic E-state index is 14.7. The van der Waals surface area contributed by atoms with E-state index in [0.29, 0.717) is 16.7 Å². The Morgan fingerprint density at radius 2 is 2.07 bits per heavy atom. The predicted molar refractivity (Wildman–Crippen MR) is 111 cm³/mol. The molecule has 6 nitrogen and oxygen atoms in total. The van der Waals surface area contributed by atoms with E-state index in [1.54, 1.807) is 50.9 Å². The summed E-state index contributed by atoms with van der Waals surface area (Å²) in [4.78, 5) is 18.1. The fourth-order valence-electron chi connectivity index (χ4n) is 3.49. The minimum atomic E-state index is -0.449. The van der Waals surface area contributed by atoms with E-state index in [4.69, 9.17) is 0 Å². The Balaban J connectivity index is 1.68. The SMILES string of the molecule is Cc1csc(-c2cc(F)c3nnc([C@@H](C)n4ccc5ncccc5c4=O)n3c2)c1. The lowest BCUT2D eigenvalue weighted by Gasteiger charge is -2.14. The molecule has 0 radical (unpaired) electrons.